The normalized spacial score (nSPS) is 18.6. The van der Waals surface area contributed by atoms with E-state index in [-0.39, 0.29) is 0 Å². The smallest absolute Gasteiger partial charge is 0.0991 e. The predicted octanol–water partition coefficient (Wildman–Crippen LogP) is 2.77. The van der Waals surface area contributed by atoms with Crippen LogP contribution >= 0.6 is 11.3 Å². The molecule has 2 heterocycles. The predicted molar refractivity (Wildman–Crippen MR) is 66.4 cm³/mol. The molecule has 0 bridgehead atoms. The van der Waals surface area contributed by atoms with Crippen LogP contribution in [0.15, 0.2) is 6.08 Å². The molecule has 1 aromatic rings. The summed E-state index contributed by atoms with van der Waals surface area (Å²) in [4.78, 5) is 8.50. The molecule has 0 atom stereocenters. The van der Waals surface area contributed by atoms with Gasteiger partial charge in [0, 0.05) is 23.9 Å². The Bertz CT molecular complexity index is 362. The average Bonchev–Trinajstić information content (AvgIpc) is 2.57. The Kier molecular flexibility index (Phi) is 3.22. The molecule has 1 fully saturated rings. The molecule has 0 spiro atoms. The molecule has 0 N–H and O–H groups in total. The van der Waals surface area contributed by atoms with Gasteiger partial charge in [0.05, 0.1) is 10.7 Å². The minimum absolute atomic E-state index is 0.685. The third-order valence-electron chi connectivity index (χ3n) is 2.80. The number of rotatable bonds is 3. The Morgan fingerprint density at radius 3 is 2.80 bits per heavy atom. The third-order valence-corrected chi connectivity index (χ3v) is 4.18. The van der Waals surface area contributed by atoms with Crippen molar-refractivity contribution in [3.05, 3.63) is 21.7 Å². The van der Waals surface area contributed by atoms with E-state index in [1.165, 1.54) is 28.7 Å². The third kappa shape index (κ3) is 2.13. The second-order valence-corrected chi connectivity index (χ2v) is 5.25. The highest BCUT2D eigenvalue weighted by molar-refractivity contribution is 7.11. The van der Waals surface area contributed by atoms with Crippen molar-refractivity contribution in [3.63, 3.8) is 0 Å². The fourth-order valence-electron chi connectivity index (χ4n) is 1.95. The molecule has 0 saturated carbocycles. The molecule has 0 aliphatic carbocycles. The SMILES string of the molecule is C/C=C\c1nc(C2CN(C)C2)sc1CC. The van der Waals surface area contributed by atoms with Gasteiger partial charge in [0.15, 0.2) is 0 Å². The molecule has 0 amide bonds. The molecule has 15 heavy (non-hydrogen) atoms. The van der Waals surface area contributed by atoms with Gasteiger partial charge >= 0.3 is 0 Å². The van der Waals surface area contributed by atoms with Crippen LogP contribution in [-0.4, -0.2) is 30.0 Å². The van der Waals surface area contributed by atoms with E-state index in [1.807, 2.05) is 11.3 Å². The van der Waals surface area contributed by atoms with E-state index in [0.29, 0.717) is 5.92 Å². The molecule has 82 valence electrons. The highest BCUT2D eigenvalue weighted by Gasteiger charge is 2.28. The Labute approximate surface area is 95.6 Å². The van der Waals surface area contributed by atoms with Crippen molar-refractivity contribution in [2.24, 2.45) is 0 Å². The molecule has 0 radical (unpaired) electrons. The van der Waals surface area contributed by atoms with E-state index >= 15 is 0 Å². The number of hydrogen-bond acceptors (Lipinski definition) is 3. The van der Waals surface area contributed by atoms with Crippen LogP contribution in [0.5, 0.6) is 0 Å². The van der Waals surface area contributed by atoms with Gasteiger partial charge in [-0.05, 0) is 26.5 Å². The summed E-state index contributed by atoms with van der Waals surface area (Å²) in [6, 6.07) is 0. The lowest BCUT2D eigenvalue weighted by molar-refractivity contribution is 0.189. The van der Waals surface area contributed by atoms with Gasteiger partial charge in [-0.2, -0.15) is 0 Å². The van der Waals surface area contributed by atoms with Crippen molar-refractivity contribution in [1.82, 2.24) is 9.88 Å². The largest absolute Gasteiger partial charge is 0.305 e. The molecular weight excluding hydrogens is 204 g/mol. The van der Waals surface area contributed by atoms with Crippen LogP contribution in [0, 0.1) is 0 Å². The summed E-state index contributed by atoms with van der Waals surface area (Å²) in [7, 11) is 2.16. The molecule has 2 nitrogen and oxygen atoms in total. The molecule has 1 aromatic heterocycles. The monoisotopic (exact) mass is 222 g/mol. The van der Waals surface area contributed by atoms with Crippen molar-refractivity contribution in [3.8, 4) is 0 Å². The second kappa shape index (κ2) is 4.45. The number of allylic oxidation sites excluding steroid dienone is 1. The fourth-order valence-corrected chi connectivity index (χ4v) is 3.03. The lowest BCUT2D eigenvalue weighted by atomic mass is 10.0. The maximum atomic E-state index is 4.73. The van der Waals surface area contributed by atoms with Crippen LogP contribution in [0.3, 0.4) is 0 Å². The summed E-state index contributed by atoms with van der Waals surface area (Å²) >= 11 is 1.90. The van der Waals surface area contributed by atoms with Crippen LogP contribution in [0.2, 0.25) is 0 Å². The van der Waals surface area contributed by atoms with Crippen molar-refractivity contribution >= 4 is 17.4 Å². The standard InChI is InChI=1S/C12H18N2S/c1-4-6-10-11(5-2)15-12(13-10)9-7-14(3)8-9/h4,6,9H,5,7-8H2,1-3H3/b6-4-. The molecule has 2 rings (SSSR count). The van der Waals surface area contributed by atoms with Crippen LogP contribution in [0.1, 0.15) is 35.3 Å². The first-order valence-electron chi connectivity index (χ1n) is 5.55. The molecule has 0 unspecified atom stereocenters. The Morgan fingerprint density at radius 1 is 1.53 bits per heavy atom. The first-order chi connectivity index (χ1) is 7.24. The van der Waals surface area contributed by atoms with E-state index < -0.39 is 0 Å². The minimum Gasteiger partial charge on any atom is -0.305 e. The maximum Gasteiger partial charge on any atom is 0.0991 e. The highest BCUT2D eigenvalue weighted by Crippen LogP contribution is 2.31. The number of hydrogen-bond donors (Lipinski definition) is 0. The van der Waals surface area contributed by atoms with Gasteiger partial charge in [0.2, 0.25) is 0 Å². The molecule has 1 saturated heterocycles. The van der Waals surface area contributed by atoms with E-state index in [2.05, 4.69) is 37.9 Å². The summed E-state index contributed by atoms with van der Waals surface area (Å²) < 4.78 is 0. The minimum atomic E-state index is 0.685. The quantitative estimate of drug-likeness (QED) is 0.782. The van der Waals surface area contributed by atoms with Gasteiger partial charge in [-0.15, -0.1) is 11.3 Å². The first-order valence-corrected chi connectivity index (χ1v) is 6.37. The lowest BCUT2D eigenvalue weighted by Crippen LogP contribution is -2.41. The van der Waals surface area contributed by atoms with E-state index in [0.717, 1.165) is 6.42 Å². The molecule has 3 heteroatoms. The summed E-state index contributed by atoms with van der Waals surface area (Å²) in [6.07, 6.45) is 5.30. The average molecular weight is 222 g/mol. The first kappa shape index (κ1) is 10.8. The van der Waals surface area contributed by atoms with Crippen molar-refractivity contribution in [2.75, 3.05) is 20.1 Å². The number of aromatic nitrogens is 1. The van der Waals surface area contributed by atoms with E-state index in [9.17, 15) is 0 Å². The number of likely N-dealkylation sites (tertiary alicyclic amines) is 1. The van der Waals surface area contributed by atoms with Crippen LogP contribution < -0.4 is 0 Å². The van der Waals surface area contributed by atoms with Crippen LogP contribution in [-0.2, 0) is 6.42 Å². The number of thiazole rings is 1. The van der Waals surface area contributed by atoms with Gasteiger partial charge in [-0.25, -0.2) is 4.98 Å². The molecule has 1 aliphatic heterocycles. The molecular formula is C12H18N2S. The van der Waals surface area contributed by atoms with Crippen molar-refractivity contribution in [1.29, 1.82) is 0 Å². The van der Waals surface area contributed by atoms with Crippen molar-refractivity contribution < 1.29 is 0 Å². The Hall–Kier alpha value is -0.670. The Morgan fingerprint density at radius 2 is 2.27 bits per heavy atom. The van der Waals surface area contributed by atoms with Gasteiger partial charge in [-0.1, -0.05) is 13.0 Å². The molecule has 0 aromatic carbocycles. The summed E-state index contributed by atoms with van der Waals surface area (Å²) in [5, 5.41) is 1.33. The zero-order valence-electron chi connectivity index (χ0n) is 9.66. The van der Waals surface area contributed by atoms with Gasteiger partial charge in [0.25, 0.3) is 0 Å². The number of likely N-dealkylation sites (N-methyl/N-ethyl adjacent to an activating group) is 1. The van der Waals surface area contributed by atoms with Gasteiger partial charge in [-0.3, -0.25) is 0 Å². The van der Waals surface area contributed by atoms with E-state index in [4.69, 9.17) is 4.98 Å². The van der Waals surface area contributed by atoms with Crippen molar-refractivity contribution in [2.45, 2.75) is 26.2 Å². The molecule has 1 aliphatic rings. The van der Waals surface area contributed by atoms with Gasteiger partial charge in [0.1, 0.15) is 0 Å². The Balaban J connectivity index is 2.19. The maximum absolute atomic E-state index is 4.73. The summed E-state index contributed by atoms with van der Waals surface area (Å²) in [6.45, 7) is 6.60. The zero-order valence-corrected chi connectivity index (χ0v) is 10.5. The van der Waals surface area contributed by atoms with Gasteiger partial charge < -0.3 is 4.90 Å². The second-order valence-electron chi connectivity index (χ2n) is 4.13. The summed E-state index contributed by atoms with van der Waals surface area (Å²) in [5.74, 6) is 0.685. The van der Waals surface area contributed by atoms with Crippen LogP contribution in [0.25, 0.3) is 6.08 Å². The van der Waals surface area contributed by atoms with Crippen LogP contribution in [0.4, 0.5) is 0 Å². The number of nitrogens with zero attached hydrogens (tertiary/aromatic N) is 2. The topological polar surface area (TPSA) is 16.1 Å². The lowest BCUT2D eigenvalue weighted by Gasteiger charge is -2.34. The van der Waals surface area contributed by atoms with E-state index in [1.54, 1.807) is 0 Å². The zero-order chi connectivity index (χ0) is 10.8. The highest BCUT2D eigenvalue weighted by atomic mass is 32.1. The number of aryl methyl sites for hydroxylation is 1. The summed E-state index contributed by atoms with van der Waals surface area (Å²) in [5.41, 5.74) is 1.19. The fraction of sp³-hybridized carbons (Fsp3) is 0.583.